The Morgan fingerprint density at radius 3 is 2.85 bits per heavy atom. The lowest BCUT2D eigenvalue weighted by Crippen LogP contribution is -2.33. The number of hydrogen-bond acceptors (Lipinski definition) is 1. The second-order valence-electron chi connectivity index (χ2n) is 3.61. The van der Waals surface area contributed by atoms with Crippen molar-refractivity contribution in [2.75, 3.05) is 6.54 Å². The van der Waals surface area contributed by atoms with Gasteiger partial charge in [0.1, 0.15) is 0 Å². The summed E-state index contributed by atoms with van der Waals surface area (Å²) in [5.41, 5.74) is 1.15. The molecule has 1 aromatic rings. The minimum Gasteiger partial charge on any atom is -0.367 e. The summed E-state index contributed by atoms with van der Waals surface area (Å²) in [5.74, 6) is 0. The monoisotopic (exact) mass is 244 g/mol. The first kappa shape index (κ1) is 10.3. The number of carbonyl (C=O) groups is 1. The SMILES string of the molecule is CC(C)(CNC(=O)Br)c1cc[nH]c1. The summed E-state index contributed by atoms with van der Waals surface area (Å²) in [4.78, 5) is 13.5. The summed E-state index contributed by atoms with van der Waals surface area (Å²) in [6.07, 6.45) is 3.83. The highest BCUT2D eigenvalue weighted by Crippen LogP contribution is 2.21. The maximum Gasteiger partial charge on any atom is 0.287 e. The Labute approximate surface area is 86.0 Å². The molecule has 13 heavy (non-hydrogen) atoms. The highest BCUT2D eigenvalue weighted by molar-refractivity contribution is 9.18. The van der Waals surface area contributed by atoms with Gasteiger partial charge < -0.3 is 10.3 Å². The standard InChI is InChI=1S/C9H13BrN2O/c1-9(2,6-12-8(10)13)7-3-4-11-5-7/h3-5,11H,6H2,1-2H3,(H,12,13). The van der Waals surface area contributed by atoms with Crippen molar-refractivity contribution in [2.45, 2.75) is 19.3 Å². The molecule has 0 aliphatic rings. The Morgan fingerprint density at radius 2 is 2.38 bits per heavy atom. The summed E-state index contributed by atoms with van der Waals surface area (Å²) >= 11 is 2.83. The van der Waals surface area contributed by atoms with Crippen LogP contribution in [0.25, 0.3) is 0 Å². The molecule has 0 unspecified atom stereocenters. The average Bonchev–Trinajstić information content (AvgIpc) is 2.53. The van der Waals surface area contributed by atoms with E-state index in [2.05, 4.69) is 40.1 Å². The molecule has 0 fully saturated rings. The number of nitrogens with one attached hydrogen (secondary N) is 2. The molecular formula is C9H13BrN2O. The number of rotatable bonds is 3. The molecule has 2 N–H and O–H groups in total. The smallest absolute Gasteiger partial charge is 0.287 e. The molecule has 1 aromatic heterocycles. The number of halogens is 1. The maximum atomic E-state index is 10.7. The number of H-pyrrole nitrogens is 1. The van der Waals surface area contributed by atoms with Crippen LogP contribution in [0, 0.1) is 0 Å². The van der Waals surface area contributed by atoms with Crippen molar-refractivity contribution in [3.8, 4) is 0 Å². The molecule has 4 heteroatoms. The minimum absolute atomic E-state index is 0.0383. The van der Waals surface area contributed by atoms with Crippen molar-refractivity contribution in [1.82, 2.24) is 10.3 Å². The molecular weight excluding hydrogens is 232 g/mol. The van der Waals surface area contributed by atoms with Crippen LogP contribution in [0.4, 0.5) is 4.79 Å². The van der Waals surface area contributed by atoms with Gasteiger partial charge in [0, 0.05) is 40.3 Å². The summed E-state index contributed by atoms with van der Waals surface area (Å²) in [6.45, 7) is 4.78. The zero-order chi connectivity index (χ0) is 9.90. The van der Waals surface area contributed by atoms with Crippen LogP contribution in [0.2, 0.25) is 0 Å². The lowest BCUT2D eigenvalue weighted by atomic mass is 9.86. The van der Waals surface area contributed by atoms with E-state index in [4.69, 9.17) is 0 Å². The number of aromatic nitrogens is 1. The fourth-order valence-electron chi connectivity index (χ4n) is 1.14. The van der Waals surface area contributed by atoms with Crippen molar-refractivity contribution in [1.29, 1.82) is 0 Å². The topological polar surface area (TPSA) is 44.9 Å². The Morgan fingerprint density at radius 1 is 1.69 bits per heavy atom. The van der Waals surface area contributed by atoms with Crippen LogP contribution in [-0.2, 0) is 5.41 Å². The molecule has 0 aromatic carbocycles. The number of hydrogen-bond donors (Lipinski definition) is 2. The van der Waals surface area contributed by atoms with Crippen molar-refractivity contribution >= 4 is 20.7 Å². The van der Waals surface area contributed by atoms with Crippen molar-refractivity contribution in [2.24, 2.45) is 0 Å². The first-order valence-electron chi connectivity index (χ1n) is 4.09. The van der Waals surface area contributed by atoms with Gasteiger partial charge in [-0.05, 0) is 11.6 Å². The molecule has 1 amide bonds. The number of amides is 1. The van der Waals surface area contributed by atoms with E-state index in [0.29, 0.717) is 6.54 Å². The lowest BCUT2D eigenvalue weighted by molar-refractivity contribution is 0.259. The quantitative estimate of drug-likeness (QED) is 0.623. The van der Waals surface area contributed by atoms with E-state index >= 15 is 0 Å². The van der Waals surface area contributed by atoms with Crippen LogP contribution in [0.3, 0.4) is 0 Å². The van der Waals surface area contributed by atoms with Crippen molar-refractivity contribution in [3.63, 3.8) is 0 Å². The molecule has 1 heterocycles. The second-order valence-corrected chi connectivity index (χ2v) is 4.33. The van der Waals surface area contributed by atoms with Gasteiger partial charge in [0.05, 0.1) is 0 Å². The van der Waals surface area contributed by atoms with Crippen molar-refractivity contribution in [3.05, 3.63) is 24.0 Å². The normalized spacial score (nSPS) is 11.3. The van der Waals surface area contributed by atoms with E-state index in [1.54, 1.807) is 0 Å². The van der Waals surface area contributed by atoms with Crippen molar-refractivity contribution < 1.29 is 4.79 Å². The van der Waals surface area contributed by atoms with Crippen LogP contribution in [-0.4, -0.2) is 16.3 Å². The fourth-order valence-corrected chi connectivity index (χ4v) is 1.28. The zero-order valence-corrected chi connectivity index (χ0v) is 9.31. The van der Waals surface area contributed by atoms with Crippen LogP contribution >= 0.6 is 15.9 Å². The first-order chi connectivity index (χ1) is 6.02. The van der Waals surface area contributed by atoms with E-state index in [0.717, 1.165) is 0 Å². The first-order valence-corrected chi connectivity index (χ1v) is 4.88. The third kappa shape index (κ3) is 2.88. The largest absolute Gasteiger partial charge is 0.367 e. The van der Waals surface area contributed by atoms with Gasteiger partial charge in [-0.25, -0.2) is 0 Å². The highest BCUT2D eigenvalue weighted by atomic mass is 79.9. The minimum atomic E-state index is -0.170. The average molecular weight is 245 g/mol. The van der Waals surface area contributed by atoms with Gasteiger partial charge in [0.15, 0.2) is 0 Å². The molecule has 0 saturated heterocycles. The second kappa shape index (κ2) is 3.96. The molecule has 0 spiro atoms. The molecule has 0 radical (unpaired) electrons. The predicted octanol–water partition coefficient (Wildman–Crippen LogP) is 2.40. The number of aromatic amines is 1. The summed E-state index contributed by atoms with van der Waals surface area (Å²) in [6, 6.07) is 2.01. The molecule has 0 atom stereocenters. The molecule has 1 rings (SSSR count). The molecule has 72 valence electrons. The van der Waals surface area contributed by atoms with Gasteiger partial charge in [-0.3, -0.25) is 4.79 Å². The van der Waals surface area contributed by atoms with Crippen LogP contribution in [0.5, 0.6) is 0 Å². The number of carbonyl (C=O) groups excluding carboxylic acids is 1. The van der Waals surface area contributed by atoms with E-state index < -0.39 is 0 Å². The predicted molar refractivity (Wildman–Crippen MR) is 56.1 cm³/mol. The van der Waals surface area contributed by atoms with Gasteiger partial charge in [-0.1, -0.05) is 13.8 Å². The Kier molecular flexibility index (Phi) is 3.14. The summed E-state index contributed by atoms with van der Waals surface area (Å²) in [7, 11) is 0. The van der Waals surface area contributed by atoms with Gasteiger partial charge in [-0.2, -0.15) is 0 Å². The lowest BCUT2D eigenvalue weighted by Gasteiger charge is -2.23. The molecule has 3 nitrogen and oxygen atoms in total. The molecule has 0 aliphatic carbocycles. The fraction of sp³-hybridized carbons (Fsp3) is 0.444. The zero-order valence-electron chi connectivity index (χ0n) is 7.73. The summed E-state index contributed by atoms with van der Waals surface area (Å²) < 4.78 is 0. The van der Waals surface area contributed by atoms with E-state index in [1.165, 1.54) is 5.56 Å². The van der Waals surface area contributed by atoms with Gasteiger partial charge in [0.25, 0.3) is 4.82 Å². The Bertz CT molecular complexity index is 280. The maximum absolute atomic E-state index is 10.7. The third-order valence-electron chi connectivity index (χ3n) is 2.05. The highest BCUT2D eigenvalue weighted by Gasteiger charge is 2.20. The van der Waals surface area contributed by atoms with Gasteiger partial charge in [-0.15, -0.1) is 0 Å². The van der Waals surface area contributed by atoms with Crippen LogP contribution in [0.1, 0.15) is 19.4 Å². The summed E-state index contributed by atoms with van der Waals surface area (Å²) in [5, 5.41) is 2.74. The van der Waals surface area contributed by atoms with Gasteiger partial charge in [0.2, 0.25) is 0 Å². The van der Waals surface area contributed by atoms with Crippen LogP contribution in [0.15, 0.2) is 18.5 Å². The van der Waals surface area contributed by atoms with E-state index in [1.807, 2.05) is 18.5 Å². The Hall–Kier alpha value is -0.770. The molecule has 0 bridgehead atoms. The molecule has 0 aliphatic heterocycles. The van der Waals surface area contributed by atoms with E-state index in [9.17, 15) is 4.79 Å². The third-order valence-corrected chi connectivity index (χ3v) is 2.33. The van der Waals surface area contributed by atoms with Crippen LogP contribution < -0.4 is 5.32 Å². The van der Waals surface area contributed by atoms with Gasteiger partial charge >= 0.3 is 0 Å². The molecule has 0 saturated carbocycles. The van der Waals surface area contributed by atoms with E-state index in [-0.39, 0.29) is 10.2 Å². The Balaban J connectivity index is 2.61.